The van der Waals surface area contributed by atoms with E-state index in [-0.39, 0.29) is 0 Å². The molecule has 4 rings (SSSR count). The Morgan fingerprint density at radius 2 is 0.792 bits per heavy atom. The molecular weight excluding hydrogens is 309 g/mol. The van der Waals surface area contributed by atoms with E-state index in [2.05, 4.69) is 0 Å². The Bertz CT molecular complexity index is 722. The number of aryl methyl sites for hydroxylation is 3. The van der Waals surface area contributed by atoms with Crippen LogP contribution in [0.25, 0.3) is 0 Å². The molecule has 0 atom stereocenters. The summed E-state index contributed by atoms with van der Waals surface area (Å²) in [5, 5.41) is 0. The maximum Gasteiger partial charge on any atom is 0.470 e. The molecule has 120 valence electrons. The lowest BCUT2D eigenvalue weighted by atomic mass is 9.61. The van der Waals surface area contributed by atoms with Crippen LogP contribution in [0.15, 0.2) is 50.8 Å². The van der Waals surface area contributed by atoms with Gasteiger partial charge in [-0.2, -0.15) is 0 Å². The van der Waals surface area contributed by atoms with Crippen molar-refractivity contribution in [2.75, 3.05) is 0 Å². The summed E-state index contributed by atoms with van der Waals surface area (Å²) >= 11 is 0. The molecule has 0 aliphatic carbocycles. The predicted octanol–water partition coefficient (Wildman–Crippen LogP) is 0.940. The summed E-state index contributed by atoms with van der Waals surface area (Å²) in [5.74, 6) is 0. The minimum Gasteiger partial charge on any atom is -0.473 e. The van der Waals surface area contributed by atoms with E-state index in [9.17, 15) is 0 Å². The third-order valence-electron chi connectivity index (χ3n) is 4.19. The lowest BCUT2D eigenvalue weighted by Crippen LogP contribution is -2.61. The van der Waals surface area contributed by atoms with E-state index in [0.29, 0.717) is 0 Å². The van der Waals surface area contributed by atoms with E-state index in [0.717, 1.165) is 33.1 Å². The first-order chi connectivity index (χ1) is 11.6. The van der Waals surface area contributed by atoms with Crippen LogP contribution in [0.2, 0.25) is 0 Å². The summed E-state index contributed by atoms with van der Waals surface area (Å²) in [6, 6.07) is 0. The van der Waals surface area contributed by atoms with E-state index >= 15 is 0 Å². The molecule has 1 aliphatic rings. The van der Waals surface area contributed by atoms with Crippen LogP contribution in [-0.2, 0) is 13.7 Å². The largest absolute Gasteiger partial charge is 0.473 e. The van der Waals surface area contributed by atoms with Crippen molar-refractivity contribution in [2.24, 2.45) is 0 Å². The van der Waals surface area contributed by atoms with Crippen LogP contribution in [0.5, 0.6) is 0 Å². The smallest absolute Gasteiger partial charge is 0.470 e. The first kappa shape index (κ1) is 15.4. The zero-order chi connectivity index (χ0) is 16.7. The Morgan fingerprint density at radius 1 is 0.500 bits per heavy atom. The Labute approximate surface area is 140 Å². The van der Waals surface area contributed by atoms with Crippen molar-refractivity contribution in [1.82, 2.24) is 0 Å². The minimum atomic E-state index is -0.615. The molecule has 0 saturated carbocycles. The van der Waals surface area contributed by atoms with E-state index in [4.69, 9.17) is 27.0 Å². The molecule has 24 heavy (non-hydrogen) atoms. The van der Waals surface area contributed by atoms with Crippen LogP contribution >= 0.6 is 0 Å². The highest BCUT2D eigenvalue weighted by atomic mass is 16.7. The van der Waals surface area contributed by atoms with E-state index < -0.39 is 21.4 Å². The summed E-state index contributed by atoms with van der Waals surface area (Å²) in [4.78, 5) is 0. The maximum atomic E-state index is 6.01. The average Bonchev–Trinajstić information content (AvgIpc) is 3.28. The van der Waals surface area contributed by atoms with Gasteiger partial charge in [-0.3, -0.25) is 0 Å². The van der Waals surface area contributed by atoms with Gasteiger partial charge in [-0.25, -0.2) is 0 Å². The number of hydrogen-bond acceptors (Lipinski definition) is 6. The highest BCUT2D eigenvalue weighted by molar-refractivity contribution is 6.87. The van der Waals surface area contributed by atoms with Gasteiger partial charge in [-0.1, -0.05) is 0 Å². The van der Waals surface area contributed by atoms with Crippen molar-refractivity contribution >= 4 is 37.7 Å². The molecule has 3 aromatic heterocycles. The van der Waals surface area contributed by atoms with E-state index in [1.54, 1.807) is 37.6 Å². The molecule has 3 aromatic rings. The van der Waals surface area contributed by atoms with Gasteiger partial charge in [0.2, 0.25) is 0 Å². The molecule has 9 heteroatoms. The zero-order valence-corrected chi connectivity index (χ0v) is 13.6. The van der Waals surface area contributed by atoms with Gasteiger partial charge < -0.3 is 27.0 Å². The van der Waals surface area contributed by atoms with Crippen molar-refractivity contribution in [1.29, 1.82) is 0 Å². The molecule has 1 aliphatic heterocycles. The Kier molecular flexibility index (Phi) is 3.92. The summed E-state index contributed by atoms with van der Waals surface area (Å²) in [7, 11) is -1.84. The lowest BCUT2D eigenvalue weighted by molar-refractivity contribution is 0.308. The van der Waals surface area contributed by atoms with Crippen molar-refractivity contribution in [3.8, 4) is 0 Å². The lowest BCUT2D eigenvalue weighted by Gasteiger charge is -2.30. The van der Waals surface area contributed by atoms with Crippen LogP contribution in [0, 0.1) is 20.8 Å². The summed E-state index contributed by atoms with van der Waals surface area (Å²) < 4.78 is 33.8. The third kappa shape index (κ3) is 2.64. The van der Waals surface area contributed by atoms with Crippen LogP contribution in [0.1, 0.15) is 16.7 Å². The molecule has 1 fully saturated rings. The third-order valence-corrected chi connectivity index (χ3v) is 4.19. The van der Waals surface area contributed by atoms with Crippen LogP contribution in [-0.4, -0.2) is 21.4 Å². The molecule has 0 radical (unpaired) electrons. The second-order valence-electron chi connectivity index (χ2n) is 5.93. The van der Waals surface area contributed by atoms with Crippen molar-refractivity contribution in [2.45, 2.75) is 20.8 Å². The molecule has 4 heterocycles. The maximum absolute atomic E-state index is 6.01. The Morgan fingerprint density at radius 3 is 1.00 bits per heavy atom. The fourth-order valence-electron chi connectivity index (χ4n) is 2.71. The number of rotatable bonds is 3. The molecule has 0 N–H and O–H groups in total. The standard InChI is InChI=1S/C15H15B3O6/c1-10-4-19-7-13(10)16-22-17(14-8-20-5-11(14)2)24-18(23-16)15-9-21-6-12(15)3/h4-9H,1-3H3. The Hall–Kier alpha value is -2.09. The first-order valence-electron chi connectivity index (χ1n) is 7.68. The minimum absolute atomic E-state index is 0.615. The molecule has 1 saturated heterocycles. The highest BCUT2D eigenvalue weighted by Crippen LogP contribution is 2.14. The topological polar surface area (TPSA) is 67.1 Å². The monoisotopic (exact) mass is 324 g/mol. The fraction of sp³-hybridized carbons (Fsp3) is 0.200. The molecule has 0 spiro atoms. The quantitative estimate of drug-likeness (QED) is 0.668. The molecule has 6 nitrogen and oxygen atoms in total. The van der Waals surface area contributed by atoms with Crippen molar-refractivity contribution in [3.63, 3.8) is 0 Å². The average molecular weight is 324 g/mol. The molecule has 0 aromatic carbocycles. The molecular formula is C15H15B3O6. The molecule has 0 bridgehead atoms. The van der Waals surface area contributed by atoms with Crippen LogP contribution in [0.3, 0.4) is 0 Å². The number of furan rings is 3. The Balaban J connectivity index is 1.70. The summed E-state index contributed by atoms with van der Waals surface area (Å²) in [6.07, 6.45) is 9.87. The van der Waals surface area contributed by atoms with Gasteiger partial charge in [0.15, 0.2) is 0 Å². The van der Waals surface area contributed by atoms with Crippen LogP contribution in [0.4, 0.5) is 0 Å². The van der Waals surface area contributed by atoms with Gasteiger partial charge in [-0.15, -0.1) is 0 Å². The first-order valence-corrected chi connectivity index (χ1v) is 7.68. The second-order valence-corrected chi connectivity index (χ2v) is 5.93. The van der Waals surface area contributed by atoms with E-state index in [1.807, 2.05) is 20.8 Å². The number of hydrogen-bond donors (Lipinski definition) is 0. The SMILES string of the molecule is Cc1cocc1B1OB(c2cocc2C)OB(c2cocc2C)O1. The van der Waals surface area contributed by atoms with Gasteiger partial charge in [-0.05, 0) is 37.5 Å². The zero-order valence-electron chi connectivity index (χ0n) is 13.6. The van der Waals surface area contributed by atoms with E-state index in [1.165, 1.54) is 0 Å². The van der Waals surface area contributed by atoms with Gasteiger partial charge >= 0.3 is 21.4 Å². The fourth-order valence-corrected chi connectivity index (χ4v) is 2.71. The summed E-state index contributed by atoms with van der Waals surface area (Å²) in [6.45, 7) is 5.83. The normalized spacial score (nSPS) is 15.4. The molecule has 0 amide bonds. The highest BCUT2D eigenvalue weighted by Gasteiger charge is 2.46. The second kappa shape index (κ2) is 6.09. The van der Waals surface area contributed by atoms with Crippen molar-refractivity contribution < 1.29 is 27.0 Å². The van der Waals surface area contributed by atoms with Gasteiger partial charge in [0, 0.05) is 16.4 Å². The van der Waals surface area contributed by atoms with Crippen LogP contribution < -0.4 is 16.4 Å². The van der Waals surface area contributed by atoms with Gasteiger partial charge in [0.25, 0.3) is 0 Å². The van der Waals surface area contributed by atoms with Gasteiger partial charge in [0.1, 0.15) is 0 Å². The van der Waals surface area contributed by atoms with Crippen molar-refractivity contribution in [3.05, 3.63) is 54.3 Å². The predicted molar refractivity (Wildman–Crippen MR) is 89.8 cm³/mol. The molecule has 0 unspecified atom stereocenters. The van der Waals surface area contributed by atoms with Gasteiger partial charge in [0.05, 0.1) is 37.6 Å². The summed E-state index contributed by atoms with van der Waals surface area (Å²) in [5.41, 5.74) is 5.34.